The Labute approximate surface area is 189 Å². The predicted octanol–water partition coefficient (Wildman–Crippen LogP) is 5.29. The Morgan fingerprint density at radius 2 is 1.68 bits per heavy atom. The van der Waals surface area contributed by atoms with Gasteiger partial charge in [-0.15, -0.1) is 0 Å². The van der Waals surface area contributed by atoms with E-state index in [4.69, 9.17) is 32.7 Å². The summed E-state index contributed by atoms with van der Waals surface area (Å²) in [6, 6.07) is 16.4. The number of ether oxygens (including phenoxy) is 2. The number of hydrazone groups is 1. The number of rotatable bonds is 6. The smallest absolute Gasteiger partial charge is 0.345 e. The van der Waals surface area contributed by atoms with Gasteiger partial charge >= 0.3 is 5.97 Å². The summed E-state index contributed by atoms with van der Waals surface area (Å²) in [5, 5.41) is 4.60. The molecule has 3 rings (SSSR count). The van der Waals surface area contributed by atoms with Crippen LogP contribution in [-0.4, -0.2) is 25.2 Å². The molecule has 0 saturated heterocycles. The zero-order valence-corrected chi connectivity index (χ0v) is 18.2. The van der Waals surface area contributed by atoms with Gasteiger partial charge in [-0.25, -0.2) is 10.2 Å². The topological polar surface area (TPSA) is 77.0 Å². The van der Waals surface area contributed by atoms with Crippen LogP contribution in [0.4, 0.5) is 0 Å². The van der Waals surface area contributed by atoms with Crippen LogP contribution in [-0.2, 0) is 0 Å². The van der Waals surface area contributed by atoms with E-state index in [9.17, 15) is 9.59 Å². The Morgan fingerprint density at radius 3 is 2.35 bits per heavy atom. The molecule has 158 valence electrons. The number of hydrogen-bond donors (Lipinski definition) is 1. The highest BCUT2D eigenvalue weighted by molar-refractivity contribution is 6.36. The highest BCUT2D eigenvalue weighted by Gasteiger charge is 2.13. The molecule has 0 unspecified atom stereocenters. The standard InChI is InChI=1S/C23H18Cl2N2O4/c1-14-3-9-19(21(11-14)30-2)22(28)27-26-13-15-4-7-17(8-5-15)31-23(29)18-10-6-16(24)12-20(18)25/h3-13H,1-2H3,(H,27,28)/b26-13-. The largest absolute Gasteiger partial charge is 0.496 e. The number of nitrogens with one attached hydrogen (secondary N) is 1. The summed E-state index contributed by atoms with van der Waals surface area (Å²) in [5.74, 6) is -0.179. The van der Waals surface area contributed by atoms with Crippen molar-refractivity contribution in [2.24, 2.45) is 5.10 Å². The number of carbonyl (C=O) groups excluding carboxylic acids is 2. The molecule has 3 aromatic carbocycles. The van der Waals surface area contributed by atoms with E-state index in [1.165, 1.54) is 25.5 Å². The summed E-state index contributed by atoms with van der Waals surface area (Å²) in [6.45, 7) is 1.91. The molecule has 31 heavy (non-hydrogen) atoms. The molecule has 3 aromatic rings. The van der Waals surface area contributed by atoms with Crippen molar-refractivity contribution in [3.8, 4) is 11.5 Å². The van der Waals surface area contributed by atoms with Crippen molar-refractivity contribution in [1.82, 2.24) is 5.43 Å². The summed E-state index contributed by atoms with van der Waals surface area (Å²) in [4.78, 5) is 24.6. The van der Waals surface area contributed by atoms with E-state index in [0.29, 0.717) is 27.6 Å². The van der Waals surface area contributed by atoms with E-state index < -0.39 is 11.9 Å². The second-order valence-electron chi connectivity index (χ2n) is 6.49. The van der Waals surface area contributed by atoms with Gasteiger partial charge in [0.05, 0.1) is 29.5 Å². The number of amides is 1. The molecule has 0 radical (unpaired) electrons. The van der Waals surface area contributed by atoms with Gasteiger partial charge in [-0.05, 0) is 72.6 Å². The number of methoxy groups -OCH3 is 1. The molecule has 0 aliphatic rings. The van der Waals surface area contributed by atoms with Crippen LogP contribution in [0.1, 0.15) is 31.8 Å². The molecule has 0 saturated carbocycles. The van der Waals surface area contributed by atoms with E-state index in [-0.39, 0.29) is 10.6 Å². The van der Waals surface area contributed by atoms with Crippen LogP contribution in [0, 0.1) is 6.92 Å². The Kier molecular flexibility index (Phi) is 7.28. The number of aryl methyl sites for hydroxylation is 1. The molecular weight excluding hydrogens is 439 g/mol. The van der Waals surface area contributed by atoms with Gasteiger partial charge in [0.2, 0.25) is 0 Å². The maximum atomic E-state index is 12.3. The molecule has 0 aliphatic heterocycles. The van der Waals surface area contributed by atoms with Gasteiger partial charge in [-0.2, -0.15) is 5.10 Å². The molecular formula is C23H18Cl2N2O4. The first-order valence-electron chi connectivity index (χ1n) is 9.12. The first-order valence-corrected chi connectivity index (χ1v) is 9.88. The van der Waals surface area contributed by atoms with Crippen LogP contribution >= 0.6 is 23.2 Å². The van der Waals surface area contributed by atoms with Crippen LogP contribution < -0.4 is 14.9 Å². The molecule has 0 bridgehead atoms. The van der Waals surface area contributed by atoms with Crippen molar-refractivity contribution in [2.45, 2.75) is 6.92 Å². The molecule has 1 N–H and O–H groups in total. The third-order valence-corrected chi connectivity index (χ3v) is 4.77. The fraction of sp³-hybridized carbons (Fsp3) is 0.0870. The van der Waals surface area contributed by atoms with Crippen molar-refractivity contribution < 1.29 is 19.1 Å². The average Bonchev–Trinajstić information content (AvgIpc) is 2.74. The Morgan fingerprint density at radius 1 is 0.968 bits per heavy atom. The van der Waals surface area contributed by atoms with E-state index in [1.807, 2.05) is 13.0 Å². The molecule has 0 atom stereocenters. The first-order chi connectivity index (χ1) is 14.9. The lowest BCUT2D eigenvalue weighted by Crippen LogP contribution is -2.18. The second kappa shape index (κ2) is 10.1. The van der Waals surface area contributed by atoms with Crippen LogP contribution in [0.5, 0.6) is 11.5 Å². The van der Waals surface area contributed by atoms with Crippen molar-refractivity contribution >= 4 is 41.3 Å². The molecule has 0 fully saturated rings. The van der Waals surface area contributed by atoms with Crippen molar-refractivity contribution in [2.75, 3.05) is 7.11 Å². The predicted molar refractivity (Wildman–Crippen MR) is 121 cm³/mol. The number of carbonyl (C=O) groups is 2. The molecule has 6 nitrogen and oxygen atoms in total. The zero-order valence-electron chi connectivity index (χ0n) is 16.7. The minimum Gasteiger partial charge on any atom is -0.496 e. The normalized spacial score (nSPS) is 10.7. The van der Waals surface area contributed by atoms with Gasteiger partial charge in [0.15, 0.2) is 0 Å². The third-order valence-electron chi connectivity index (χ3n) is 4.22. The number of benzene rings is 3. The highest BCUT2D eigenvalue weighted by atomic mass is 35.5. The molecule has 8 heteroatoms. The van der Waals surface area contributed by atoms with Crippen molar-refractivity contribution in [3.05, 3.63) is 93.0 Å². The number of halogens is 2. The minimum absolute atomic E-state index is 0.210. The van der Waals surface area contributed by atoms with Crippen LogP contribution in [0.25, 0.3) is 0 Å². The fourth-order valence-electron chi connectivity index (χ4n) is 2.65. The summed E-state index contributed by atoms with van der Waals surface area (Å²) >= 11 is 11.9. The monoisotopic (exact) mass is 456 g/mol. The lowest BCUT2D eigenvalue weighted by atomic mass is 10.1. The Hall–Kier alpha value is -3.35. The molecule has 0 spiro atoms. The number of esters is 1. The Bertz CT molecular complexity index is 1140. The van der Waals surface area contributed by atoms with Gasteiger partial charge in [0.1, 0.15) is 11.5 Å². The van der Waals surface area contributed by atoms with E-state index in [0.717, 1.165) is 5.56 Å². The molecule has 1 amide bonds. The SMILES string of the molecule is COc1cc(C)ccc1C(=O)N/N=C\c1ccc(OC(=O)c2ccc(Cl)cc2Cl)cc1. The van der Waals surface area contributed by atoms with Crippen LogP contribution in [0.3, 0.4) is 0 Å². The van der Waals surface area contributed by atoms with E-state index in [2.05, 4.69) is 10.5 Å². The highest BCUT2D eigenvalue weighted by Crippen LogP contribution is 2.23. The van der Waals surface area contributed by atoms with Gasteiger partial charge < -0.3 is 9.47 Å². The lowest BCUT2D eigenvalue weighted by molar-refractivity contribution is 0.0734. The maximum absolute atomic E-state index is 12.3. The lowest BCUT2D eigenvalue weighted by Gasteiger charge is -2.08. The Balaban J connectivity index is 1.61. The van der Waals surface area contributed by atoms with Crippen LogP contribution in [0.2, 0.25) is 10.0 Å². The van der Waals surface area contributed by atoms with Gasteiger partial charge in [-0.1, -0.05) is 29.3 Å². The fourth-order valence-corrected chi connectivity index (χ4v) is 3.14. The van der Waals surface area contributed by atoms with Crippen molar-refractivity contribution in [3.63, 3.8) is 0 Å². The summed E-state index contributed by atoms with van der Waals surface area (Å²) < 4.78 is 10.6. The maximum Gasteiger partial charge on any atom is 0.345 e. The quantitative estimate of drug-likeness (QED) is 0.236. The summed E-state index contributed by atoms with van der Waals surface area (Å²) in [5.41, 5.74) is 4.73. The van der Waals surface area contributed by atoms with Gasteiger partial charge in [0.25, 0.3) is 5.91 Å². The van der Waals surface area contributed by atoms with E-state index in [1.54, 1.807) is 42.5 Å². The zero-order chi connectivity index (χ0) is 22.4. The minimum atomic E-state index is -0.595. The number of nitrogens with zero attached hydrogens (tertiary/aromatic N) is 1. The third kappa shape index (κ3) is 5.84. The second-order valence-corrected chi connectivity index (χ2v) is 7.33. The van der Waals surface area contributed by atoms with Crippen LogP contribution in [0.15, 0.2) is 65.8 Å². The first kappa shape index (κ1) is 22.3. The molecule has 0 heterocycles. The summed E-state index contributed by atoms with van der Waals surface area (Å²) in [7, 11) is 1.50. The molecule has 0 aromatic heterocycles. The van der Waals surface area contributed by atoms with Gasteiger partial charge in [-0.3, -0.25) is 4.79 Å². The van der Waals surface area contributed by atoms with Crippen molar-refractivity contribution in [1.29, 1.82) is 0 Å². The summed E-state index contributed by atoms with van der Waals surface area (Å²) in [6.07, 6.45) is 1.47. The molecule has 0 aliphatic carbocycles. The average molecular weight is 457 g/mol. The number of hydrogen-bond acceptors (Lipinski definition) is 5. The van der Waals surface area contributed by atoms with E-state index >= 15 is 0 Å². The van der Waals surface area contributed by atoms with Gasteiger partial charge in [0, 0.05) is 5.02 Å².